The summed E-state index contributed by atoms with van der Waals surface area (Å²) >= 11 is 3.50. The summed E-state index contributed by atoms with van der Waals surface area (Å²) in [6, 6.07) is 6.06. The molecule has 6 heteroatoms. The van der Waals surface area contributed by atoms with Gasteiger partial charge in [0.15, 0.2) is 0 Å². The van der Waals surface area contributed by atoms with Gasteiger partial charge >= 0.3 is 0 Å². The lowest BCUT2D eigenvalue weighted by Gasteiger charge is -2.31. The summed E-state index contributed by atoms with van der Waals surface area (Å²) in [6.07, 6.45) is 2.96. The summed E-state index contributed by atoms with van der Waals surface area (Å²) in [5.74, 6) is 1.03. The van der Waals surface area contributed by atoms with Gasteiger partial charge in [0.1, 0.15) is 10.4 Å². The molecule has 3 heterocycles. The van der Waals surface area contributed by atoms with Gasteiger partial charge in [-0.1, -0.05) is 6.07 Å². The molecule has 1 saturated heterocycles. The number of imidazole rings is 1. The topological polar surface area (TPSA) is 40.9 Å². The highest BCUT2D eigenvalue weighted by Crippen LogP contribution is 2.19. The molecule has 100 valence electrons. The first-order valence-corrected chi connectivity index (χ1v) is 7.10. The summed E-state index contributed by atoms with van der Waals surface area (Å²) in [7, 11) is 0. The lowest BCUT2D eigenvalue weighted by Crippen LogP contribution is -2.45. The van der Waals surface area contributed by atoms with Crippen LogP contribution in [-0.2, 0) is 11.3 Å². The number of rotatable bonds is 3. The van der Waals surface area contributed by atoms with E-state index >= 15 is 0 Å². The van der Waals surface area contributed by atoms with Gasteiger partial charge in [-0.2, -0.15) is 0 Å². The molecule has 0 unspecified atom stereocenters. The zero-order valence-corrected chi connectivity index (χ0v) is 12.1. The molecule has 0 aromatic carbocycles. The first-order valence-electron chi connectivity index (χ1n) is 6.31. The van der Waals surface area contributed by atoms with E-state index in [1.165, 1.54) is 0 Å². The van der Waals surface area contributed by atoms with Crippen LogP contribution < -0.4 is 0 Å². The molecule has 0 radical (unpaired) electrons. The predicted molar refractivity (Wildman–Crippen MR) is 75.8 cm³/mol. The molecule has 0 N–H and O–H groups in total. The van der Waals surface area contributed by atoms with Crippen molar-refractivity contribution in [3.05, 3.63) is 34.8 Å². The summed E-state index contributed by atoms with van der Waals surface area (Å²) in [5.41, 5.74) is 1.09. The molecule has 1 fully saturated rings. The van der Waals surface area contributed by atoms with Crippen LogP contribution >= 0.6 is 15.9 Å². The first-order chi connectivity index (χ1) is 9.28. The van der Waals surface area contributed by atoms with Crippen LogP contribution in [0, 0.1) is 0 Å². The van der Waals surface area contributed by atoms with Crippen LogP contribution in [0.2, 0.25) is 0 Å². The fourth-order valence-electron chi connectivity index (χ4n) is 2.40. The van der Waals surface area contributed by atoms with Gasteiger partial charge in [0.2, 0.25) is 6.41 Å². The summed E-state index contributed by atoms with van der Waals surface area (Å²) in [5, 5.41) is 0. The second-order valence-corrected chi connectivity index (χ2v) is 5.44. The van der Waals surface area contributed by atoms with Crippen molar-refractivity contribution in [3.63, 3.8) is 0 Å². The fraction of sp³-hybridized carbons (Fsp3) is 0.385. The van der Waals surface area contributed by atoms with Crippen LogP contribution in [0.15, 0.2) is 29.0 Å². The van der Waals surface area contributed by atoms with Crippen molar-refractivity contribution in [2.24, 2.45) is 0 Å². The minimum Gasteiger partial charge on any atom is -0.343 e. The Bertz CT molecular complexity index is 589. The maximum Gasteiger partial charge on any atom is 0.209 e. The van der Waals surface area contributed by atoms with E-state index in [-0.39, 0.29) is 0 Å². The molecule has 0 saturated carbocycles. The summed E-state index contributed by atoms with van der Waals surface area (Å²) in [6.45, 7) is 4.21. The molecule has 2 aromatic rings. The lowest BCUT2D eigenvalue weighted by molar-refractivity contribution is -0.119. The average molecular weight is 323 g/mol. The van der Waals surface area contributed by atoms with Crippen LogP contribution in [0.3, 0.4) is 0 Å². The van der Waals surface area contributed by atoms with Crippen molar-refractivity contribution < 1.29 is 4.79 Å². The Morgan fingerprint density at radius 3 is 2.79 bits per heavy atom. The third-order valence-corrected chi connectivity index (χ3v) is 4.08. The quantitative estimate of drug-likeness (QED) is 0.801. The zero-order valence-electron chi connectivity index (χ0n) is 10.5. The number of carbonyl (C=O) groups excluding carboxylic acids is 1. The molecule has 0 aliphatic carbocycles. The SMILES string of the molecule is O=CN1CCN(Cc2nc(Br)c3ccccn23)CC1. The molecule has 5 nitrogen and oxygen atoms in total. The maximum atomic E-state index is 10.7. The van der Waals surface area contributed by atoms with Crippen LogP contribution in [0.25, 0.3) is 5.52 Å². The molecular weight excluding hydrogens is 308 g/mol. The van der Waals surface area contributed by atoms with Crippen molar-refractivity contribution in [1.82, 2.24) is 19.2 Å². The van der Waals surface area contributed by atoms with Crippen molar-refractivity contribution in [2.75, 3.05) is 26.2 Å². The normalized spacial score (nSPS) is 17.0. The van der Waals surface area contributed by atoms with Gasteiger partial charge in [-0.05, 0) is 28.1 Å². The molecule has 3 rings (SSSR count). The maximum absolute atomic E-state index is 10.7. The lowest BCUT2D eigenvalue weighted by atomic mass is 10.3. The summed E-state index contributed by atoms with van der Waals surface area (Å²) in [4.78, 5) is 19.4. The van der Waals surface area contributed by atoms with E-state index in [9.17, 15) is 4.79 Å². The monoisotopic (exact) mass is 322 g/mol. The minimum absolute atomic E-state index is 0.800. The van der Waals surface area contributed by atoms with E-state index in [0.29, 0.717) is 0 Å². The van der Waals surface area contributed by atoms with Gasteiger partial charge in [-0.25, -0.2) is 4.98 Å². The van der Waals surface area contributed by atoms with Crippen molar-refractivity contribution in [3.8, 4) is 0 Å². The second-order valence-electron chi connectivity index (χ2n) is 4.69. The van der Waals surface area contributed by atoms with E-state index in [4.69, 9.17) is 0 Å². The van der Waals surface area contributed by atoms with Crippen LogP contribution in [0.1, 0.15) is 5.82 Å². The van der Waals surface area contributed by atoms with Crippen LogP contribution in [0.5, 0.6) is 0 Å². The summed E-state index contributed by atoms with van der Waals surface area (Å²) < 4.78 is 2.99. The van der Waals surface area contributed by atoms with E-state index in [1.54, 1.807) is 0 Å². The number of hydrogen-bond donors (Lipinski definition) is 0. The third kappa shape index (κ3) is 2.50. The van der Waals surface area contributed by atoms with Crippen molar-refractivity contribution >= 4 is 27.9 Å². The predicted octanol–water partition coefficient (Wildman–Crippen LogP) is 1.37. The number of aromatic nitrogens is 2. The molecule has 0 atom stereocenters. The van der Waals surface area contributed by atoms with Gasteiger partial charge in [0.25, 0.3) is 0 Å². The highest BCUT2D eigenvalue weighted by Gasteiger charge is 2.18. The molecule has 1 aliphatic rings. The Morgan fingerprint density at radius 2 is 2.05 bits per heavy atom. The number of halogens is 1. The Labute approximate surface area is 120 Å². The Balaban J connectivity index is 1.77. The van der Waals surface area contributed by atoms with Crippen LogP contribution in [0.4, 0.5) is 0 Å². The Hall–Kier alpha value is -1.40. The van der Waals surface area contributed by atoms with Gasteiger partial charge in [-0.3, -0.25) is 9.69 Å². The van der Waals surface area contributed by atoms with E-state index in [0.717, 1.165) is 55.1 Å². The molecule has 0 spiro atoms. The van der Waals surface area contributed by atoms with Gasteiger partial charge < -0.3 is 9.30 Å². The Kier molecular flexibility index (Phi) is 3.52. The second kappa shape index (κ2) is 5.30. The number of pyridine rings is 1. The van der Waals surface area contributed by atoms with Crippen LogP contribution in [-0.4, -0.2) is 51.8 Å². The number of fused-ring (bicyclic) bond motifs is 1. The van der Waals surface area contributed by atoms with E-state index < -0.39 is 0 Å². The standard InChI is InChI=1S/C13H15BrN4O/c14-13-11-3-1-2-4-18(11)12(15-13)9-16-5-7-17(10-19)8-6-16/h1-4,10H,5-9H2. The average Bonchev–Trinajstić information content (AvgIpc) is 2.77. The molecule has 2 aromatic heterocycles. The third-order valence-electron chi connectivity index (χ3n) is 3.50. The Morgan fingerprint density at radius 1 is 1.26 bits per heavy atom. The van der Waals surface area contributed by atoms with Gasteiger partial charge in [0.05, 0.1) is 12.1 Å². The number of piperazine rings is 1. The largest absolute Gasteiger partial charge is 0.343 e. The van der Waals surface area contributed by atoms with Gasteiger partial charge in [-0.15, -0.1) is 0 Å². The molecular formula is C13H15BrN4O. The van der Waals surface area contributed by atoms with Gasteiger partial charge in [0, 0.05) is 32.4 Å². The highest BCUT2D eigenvalue weighted by molar-refractivity contribution is 9.10. The van der Waals surface area contributed by atoms with Crippen molar-refractivity contribution in [1.29, 1.82) is 0 Å². The number of nitrogens with zero attached hydrogens (tertiary/aromatic N) is 4. The number of amides is 1. The first kappa shape index (κ1) is 12.6. The number of carbonyl (C=O) groups is 1. The van der Waals surface area contributed by atoms with Crippen molar-refractivity contribution in [2.45, 2.75) is 6.54 Å². The molecule has 0 bridgehead atoms. The minimum atomic E-state index is 0.800. The number of hydrogen-bond acceptors (Lipinski definition) is 3. The molecule has 1 amide bonds. The fourth-order valence-corrected chi connectivity index (χ4v) is 2.93. The molecule has 1 aliphatic heterocycles. The molecule has 19 heavy (non-hydrogen) atoms. The smallest absolute Gasteiger partial charge is 0.209 e. The van der Waals surface area contributed by atoms with E-state index in [1.807, 2.05) is 29.3 Å². The zero-order chi connectivity index (χ0) is 13.2. The van der Waals surface area contributed by atoms with E-state index in [2.05, 4.69) is 30.2 Å². The highest BCUT2D eigenvalue weighted by atomic mass is 79.9.